The maximum Gasteiger partial charge on any atom is 0.224 e. The van der Waals surface area contributed by atoms with Crippen LogP contribution in [0.5, 0.6) is 0 Å². The number of alkyl halides is 1. The summed E-state index contributed by atoms with van der Waals surface area (Å²) >= 11 is 5.79. The Hall–Kier alpha value is -0.540. The van der Waals surface area contributed by atoms with Gasteiger partial charge in [0.25, 0.3) is 0 Å². The van der Waals surface area contributed by atoms with Crippen LogP contribution in [0.1, 0.15) is 43.7 Å². The second-order valence-electron chi connectivity index (χ2n) is 3.97. The zero-order valence-electron chi connectivity index (χ0n) is 9.12. The van der Waals surface area contributed by atoms with Crippen molar-refractivity contribution in [1.82, 2.24) is 4.98 Å². The number of aromatic nitrogens is 1. The summed E-state index contributed by atoms with van der Waals surface area (Å²) in [5.74, 6) is 2.36. The van der Waals surface area contributed by atoms with Gasteiger partial charge >= 0.3 is 0 Å². The molecule has 2 unspecified atom stereocenters. The van der Waals surface area contributed by atoms with Crippen molar-refractivity contribution >= 4 is 11.6 Å². The van der Waals surface area contributed by atoms with Crippen molar-refractivity contribution in [3.63, 3.8) is 0 Å². The third kappa shape index (κ3) is 2.04. The standard InChI is InChI=1S/C11H16ClNO2/c1-3-8-9(6-12)15-11(13-8)10-7(2)4-5-14-10/h7,10H,3-6H2,1-2H3. The predicted molar refractivity (Wildman–Crippen MR) is 57.9 cm³/mol. The van der Waals surface area contributed by atoms with Crippen LogP contribution in [0.2, 0.25) is 0 Å². The first-order chi connectivity index (χ1) is 7.26. The maximum absolute atomic E-state index is 5.79. The van der Waals surface area contributed by atoms with Crippen LogP contribution in [0.3, 0.4) is 0 Å². The van der Waals surface area contributed by atoms with Crippen LogP contribution < -0.4 is 0 Å². The fourth-order valence-corrected chi connectivity index (χ4v) is 2.13. The van der Waals surface area contributed by atoms with Gasteiger partial charge in [-0.05, 0) is 18.8 Å². The molecule has 2 rings (SSSR count). The molecule has 2 atom stereocenters. The van der Waals surface area contributed by atoms with Crippen LogP contribution in [0, 0.1) is 5.92 Å². The van der Waals surface area contributed by atoms with Crippen molar-refractivity contribution in [1.29, 1.82) is 0 Å². The van der Waals surface area contributed by atoms with Gasteiger partial charge in [0.15, 0.2) is 0 Å². The first-order valence-corrected chi connectivity index (χ1v) is 5.95. The van der Waals surface area contributed by atoms with Crippen LogP contribution in [0.4, 0.5) is 0 Å². The number of hydrogen-bond acceptors (Lipinski definition) is 3. The summed E-state index contributed by atoms with van der Waals surface area (Å²) in [4.78, 5) is 4.46. The van der Waals surface area contributed by atoms with E-state index in [4.69, 9.17) is 20.8 Å². The number of hydrogen-bond donors (Lipinski definition) is 0. The van der Waals surface area contributed by atoms with E-state index in [0.29, 0.717) is 17.7 Å². The van der Waals surface area contributed by atoms with E-state index in [1.807, 2.05) is 0 Å². The molecular formula is C11H16ClNO2. The lowest BCUT2D eigenvalue weighted by atomic mass is 10.0. The molecule has 0 bridgehead atoms. The minimum absolute atomic E-state index is 0.0206. The molecule has 0 N–H and O–H groups in total. The van der Waals surface area contributed by atoms with Gasteiger partial charge in [0, 0.05) is 6.61 Å². The molecule has 15 heavy (non-hydrogen) atoms. The van der Waals surface area contributed by atoms with Crippen molar-refractivity contribution in [2.45, 2.75) is 38.7 Å². The van der Waals surface area contributed by atoms with Crippen LogP contribution in [-0.2, 0) is 17.0 Å². The minimum atomic E-state index is 0.0206. The lowest BCUT2D eigenvalue weighted by Gasteiger charge is -2.09. The van der Waals surface area contributed by atoms with Gasteiger partial charge in [-0.2, -0.15) is 0 Å². The molecule has 84 valence electrons. The van der Waals surface area contributed by atoms with Gasteiger partial charge in [0.1, 0.15) is 11.9 Å². The third-order valence-corrected chi connectivity index (χ3v) is 3.12. The highest BCUT2D eigenvalue weighted by molar-refractivity contribution is 6.16. The number of rotatable bonds is 3. The number of halogens is 1. The van der Waals surface area contributed by atoms with Crippen molar-refractivity contribution in [3.8, 4) is 0 Å². The average molecular weight is 230 g/mol. The highest BCUT2D eigenvalue weighted by Gasteiger charge is 2.30. The third-order valence-electron chi connectivity index (χ3n) is 2.88. The molecule has 0 spiro atoms. The van der Waals surface area contributed by atoms with Crippen molar-refractivity contribution in [2.75, 3.05) is 6.61 Å². The first kappa shape index (κ1) is 11.0. The molecule has 1 aliphatic heterocycles. The molecule has 1 saturated heterocycles. The monoisotopic (exact) mass is 229 g/mol. The molecule has 0 aliphatic carbocycles. The minimum Gasteiger partial charge on any atom is -0.441 e. The van der Waals surface area contributed by atoms with Gasteiger partial charge < -0.3 is 9.15 Å². The summed E-state index contributed by atoms with van der Waals surface area (Å²) in [6, 6.07) is 0. The van der Waals surface area contributed by atoms with E-state index in [-0.39, 0.29) is 6.10 Å². The Labute approximate surface area is 94.8 Å². The largest absolute Gasteiger partial charge is 0.441 e. The van der Waals surface area contributed by atoms with Gasteiger partial charge in [0.2, 0.25) is 5.89 Å². The summed E-state index contributed by atoms with van der Waals surface area (Å²) in [5.41, 5.74) is 0.961. The van der Waals surface area contributed by atoms with E-state index >= 15 is 0 Å². The Morgan fingerprint density at radius 2 is 2.33 bits per heavy atom. The van der Waals surface area contributed by atoms with E-state index < -0.39 is 0 Å². The summed E-state index contributed by atoms with van der Waals surface area (Å²) in [6.45, 7) is 5.01. The number of aryl methyl sites for hydroxylation is 1. The molecule has 0 amide bonds. The molecule has 0 saturated carbocycles. The van der Waals surface area contributed by atoms with E-state index in [2.05, 4.69) is 18.8 Å². The molecule has 1 aromatic heterocycles. The van der Waals surface area contributed by atoms with E-state index in [1.165, 1.54) is 0 Å². The number of ether oxygens (including phenoxy) is 1. The van der Waals surface area contributed by atoms with Gasteiger partial charge in [-0.3, -0.25) is 0 Å². The van der Waals surface area contributed by atoms with Crippen molar-refractivity contribution < 1.29 is 9.15 Å². The molecule has 1 aromatic rings. The van der Waals surface area contributed by atoms with Gasteiger partial charge in [0.05, 0.1) is 11.6 Å². The smallest absolute Gasteiger partial charge is 0.224 e. The zero-order valence-corrected chi connectivity index (χ0v) is 9.88. The zero-order chi connectivity index (χ0) is 10.8. The normalized spacial score (nSPS) is 26.1. The molecule has 1 fully saturated rings. The van der Waals surface area contributed by atoms with Crippen LogP contribution in [-0.4, -0.2) is 11.6 Å². The van der Waals surface area contributed by atoms with Gasteiger partial charge in [-0.15, -0.1) is 11.6 Å². The molecule has 0 aromatic carbocycles. The van der Waals surface area contributed by atoms with Gasteiger partial charge in [-0.25, -0.2) is 4.98 Å². The Morgan fingerprint density at radius 1 is 1.53 bits per heavy atom. The summed E-state index contributed by atoms with van der Waals surface area (Å²) < 4.78 is 11.3. The summed E-state index contributed by atoms with van der Waals surface area (Å²) in [5, 5.41) is 0. The topological polar surface area (TPSA) is 35.3 Å². The fraction of sp³-hybridized carbons (Fsp3) is 0.727. The maximum atomic E-state index is 5.79. The number of oxazole rings is 1. The molecule has 4 heteroatoms. The predicted octanol–water partition coefficient (Wildman–Crippen LogP) is 3.07. The SMILES string of the molecule is CCc1nc(C2OCCC2C)oc1CCl. The Bertz CT molecular complexity index is 316. The summed E-state index contributed by atoms with van der Waals surface area (Å²) in [6.07, 6.45) is 1.95. The first-order valence-electron chi connectivity index (χ1n) is 5.42. The second-order valence-corrected chi connectivity index (χ2v) is 4.23. The van der Waals surface area contributed by atoms with E-state index in [0.717, 1.165) is 30.9 Å². The molecule has 1 aliphatic rings. The molecule has 3 nitrogen and oxygen atoms in total. The van der Waals surface area contributed by atoms with Crippen LogP contribution in [0.15, 0.2) is 4.42 Å². The molecular weight excluding hydrogens is 214 g/mol. The average Bonchev–Trinajstić information content (AvgIpc) is 2.82. The highest BCUT2D eigenvalue weighted by Crippen LogP contribution is 2.34. The lowest BCUT2D eigenvalue weighted by Crippen LogP contribution is -2.04. The fourth-order valence-electron chi connectivity index (χ4n) is 1.92. The van der Waals surface area contributed by atoms with Crippen molar-refractivity contribution in [3.05, 3.63) is 17.3 Å². The Morgan fingerprint density at radius 3 is 2.80 bits per heavy atom. The van der Waals surface area contributed by atoms with Crippen LogP contribution in [0.25, 0.3) is 0 Å². The number of nitrogens with zero attached hydrogens (tertiary/aromatic N) is 1. The van der Waals surface area contributed by atoms with E-state index in [9.17, 15) is 0 Å². The Balaban J connectivity index is 2.24. The van der Waals surface area contributed by atoms with E-state index in [1.54, 1.807) is 0 Å². The van der Waals surface area contributed by atoms with Crippen molar-refractivity contribution in [2.24, 2.45) is 5.92 Å². The van der Waals surface area contributed by atoms with Crippen LogP contribution >= 0.6 is 11.6 Å². The highest BCUT2D eigenvalue weighted by atomic mass is 35.5. The quantitative estimate of drug-likeness (QED) is 0.748. The molecule has 2 heterocycles. The summed E-state index contributed by atoms with van der Waals surface area (Å²) in [7, 11) is 0. The Kier molecular flexibility index (Phi) is 3.32. The molecule has 0 radical (unpaired) electrons. The van der Waals surface area contributed by atoms with Gasteiger partial charge in [-0.1, -0.05) is 13.8 Å². The lowest BCUT2D eigenvalue weighted by molar-refractivity contribution is 0.0707. The second kappa shape index (κ2) is 4.54.